The van der Waals surface area contributed by atoms with Gasteiger partial charge in [0, 0.05) is 62.5 Å². The van der Waals surface area contributed by atoms with Crippen molar-refractivity contribution >= 4 is 133 Å². The van der Waals surface area contributed by atoms with Crippen molar-refractivity contribution in [3.8, 4) is 5.75 Å². The van der Waals surface area contributed by atoms with Crippen LogP contribution >= 0.6 is 63.7 Å². The Morgan fingerprint density at radius 3 is 1.59 bits per heavy atom. The van der Waals surface area contributed by atoms with Gasteiger partial charge in [-0.1, -0.05) is 126 Å². The number of likely N-dealkylation sites (N-methyl/N-ethyl adjacent to an activating group) is 2. The van der Waals surface area contributed by atoms with Crippen molar-refractivity contribution in [2.45, 2.75) is 113 Å². The number of fused-ring (bicyclic) bond motifs is 2. The largest absolute Gasteiger partial charge is 0.447 e. The minimum Gasteiger partial charge on any atom is -0.447 e. The number of nitro groups is 1. The third-order valence-electron chi connectivity index (χ3n) is 13.3. The summed E-state index contributed by atoms with van der Waals surface area (Å²) in [4.78, 5) is 82.7. The van der Waals surface area contributed by atoms with E-state index in [1.807, 2.05) is 62.4 Å². The molecule has 0 spiro atoms. The predicted octanol–water partition coefficient (Wildman–Crippen LogP) is 13.9. The van der Waals surface area contributed by atoms with Gasteiger partial charge in [-0.3, -0.25) is 20.7 Å². The summed E-state index contributed by atoms with van der Waals surface area (Å²) in [5.41, 5.74) is 0.0135. The number of rotatable bonds is 23. The second kappa shape index (κ2) is 46.4. The molecule has 560 valence electrons. The average Bonchev–Trinajstić information content (AvgIpc) is 1.87. The molecule has 0 bridgehead atoms. The normalized spacial score (nSPS) is 13.1. The van der Waals surface area contributed by atoms with Crippen LogP contribution in [-0.4, -0.2) is 168 Å². The number of carbonyl (C=O) groups is 5. The van der Waals surface area contributed by atoms with Crippen molar-refractivity contribution in [3.05, 3.63) is 177 Å². The lowest BCUT2D eigenvalue weighted by molar-refractivity contribution is -0.384. The number of non-ortho nitro benzene ring substituents is 1. The Labute approximate surface area is 618 Å². The Morgan fingerprint density at radius 2 is 1.14 bits per heavy atom. The number of amides is 6. The van der Waals surface area contributed by atoms with Crippen molar-refractivity contribution in [2.75, 3.05) is 77.6 Å². The second-order valence-electron chi connectivity index (χ2n) is 22.2. The first kappa shape index (κ1) is 95.0. The molecule has 0 radical (unpaired) electrons. The fraction of sp³-hybridized carbons (Fsp3) is 0.397. The molecular weight excluding hydrogens is 1420 g/mol. The van der Waals surface area contributed by atoms with Crippen LogP contribution in [0.25, 0.3) is 21.5 Å². The summed E-state index contributed by atoms with van der Waals surface area (Å²) >= 11 is 11.7. The number of nitrogens with one attached hydrogen (secondary N) is 4. The zero-order valence-corrected chi connectivity index (χ0v) is 58.4. The van der Waals surface area contributed by atoms with Gasteiger partial charge in [0.05, 0.1) is 66.7 Å². The highest BCUT2D eigenvalue weighted by Gasteiger charge is 2.34. The highest BCUT2D eigenvalue weighted by atomic mass is 35.5. The molecule has 7 aromatic rings. The first-order valence-corrected chi connectivity index (χ1v) is 29.8. The summed E-state index contributed by atoms with van der Waals surface area (Å²) in [6.45, 7) is 8.62. The lowest BCUT2D eigenvalue weighted by atomic mass is 10.2. The second-order valence-corrected chi connectivity index (χ2v) is 23.0. The highest BCUT2D eigenvalue weighted by Crippen LogP contribution is 2.25. The molecule has 0 unspecified atom stereocenters. The molecule has 6 amide bonds. The van der Waals surface area contributed by atoms with Gasteiger partial charge in [0.15, 0.2) is 5.79 Å². The molecule has 1 aliphatic rings. The molecular formula is C68H95Cl2F2N9O17S3. The highest BCUT2D eigenvalue weighted by molar-refractivity contribution is 7.59. The number of carbonyl (C=O) groups excluding carboxylic acids is 5. The lowest BCUT2D eigenvalue weighted by Crippen LogP contribution is -2.48. The number of aliphatic hydroxyl groups is 2. The molecule has 6 N–H and O–H groups in total. The van der Waals surface area contributed by atoms with E-state index in [2.05, 4.69) is 31.2 Å². The van der Waals surface area contributed by atoms with E-state index < -0.39 is 83.1 Å². The molecule has 1 saturated heterocycles. The van der Waals surface area contributed by atoms with Crippen LogP contribution in [0.1, 0.15) is 75.5 Å². The molecule has 33 heteroatoms. The van der Waals surface area contributed by atoms with Crippen molar-refractivity contribution in [1.29, 1.82) is 0 Å². The van der Waals surface area contributed by atoms with E-state index in [1.165, 1.54) is 65.4 Å². The standard InChI is InChI=1S/C25H28ClFN4O6.C25H35N3O7.C14H10ClFN2O4.4CH4.3H2S/c1-31(24(34)29-11-18-7-4-8-21(27)23(18)26)19(13-36-15-20(33)12-32)14-37-25(35)30-22-9-16-5-2-3-6-17(16)10-28-22;1-24(2,3)35-23(30)28(6)19(13-31-15-20-16-33-25(4,5)34-20)14-32-22(29)27-21-11-17-9-7-8-10-18(17)12-26-21;15-13-9(2-1-3-12(13)16)8-17-14(19)22-11-6-4-10(5-7-11)18(20)21;;;;;;;/h2-10,19-20,32-33H,11-15H2,1H3,(H,29,34)(H,28,30,35);7-12,19-20H,13-16H2,1-6H3,(H,26,27,29);1-7H,8H2,(H,17,19);4*1H4;3*1H2/t19-,20-;19-,20+;;;;;;;;/m00......../s1. The van der Waals surface area contributed by atoms with Crippen LogP contribution in [0.5, 0.6) is 5.75 Å². The number of nitrogens with zero attached hydrogens (tertiary/aromatic N) is 5. The van der Waals surface area contributed by atoms with Crippen molar-refractivity contribution in [3.63, 3.8) is 0 Å². The van der Waals surface area contributed by atoms with Crippen molar-refractivity contribution in [1.82, 2.24) is 30.4 Å². The number of halogens is 4. The van der Waals surface area contributed by atoms with E-state index in [-0.39, 0.29) is 151 Å². The van der Waals surface area contributed by atoms with Gasteiger partial charge in [-0.2, -0.15) is 40.5 Å². The minimum absolute atomic E-state index is 0. The van der Waals surface area contributed by atoms with Gasteiger partial charge in [-0.25, -0.2) is 42.7 Å². The Kier molecular flexibility index (Phi) is 43.7. The van der Waals surface area contributed by atoms with E-state index in [4.69, 9.17) is 66.2 Å². The number of ether oxygens (including phenoxy) is 8. The molecule has 5 aromatic carbocycles. The molecule has 1 aliphatic heterocycles. The molecule has 2 aromatic heterocycles. The number of nitro benzene ring substituents is 1. The molecule has 26 nitrogen and oxygen atoms in total. The van der Waals surface area contributed by atoms with Gasteiger partial charge in [0.2, 0.25) is 0 Å². The lowest BCUT2D eigenvalue weighted by Gasteiger charge is -2.30. The SMILES string of the molecule is C.C.C.C.CN(C(=O)NCc1cccc(F)c1Cl)[C@@H](COC[C@@H](O)CO)COC(=O)Nc1cc2ccccc2cn1.CN(C(=O)OC(C)(C)C)[C@@H](COC[C@@H]1COC(C)(C)O1)COC(=O)Nc1cc2ccccc2cn1.O=C(NCc1cccc(F)c1Cl)Oc1ccc([N+](=O)[O-])cc1.S.S.S. The summed E-state index contributed by atoms with van der Waals surface area (Å²) in [7, 11) is 3.04. The van der Waals surface area contributed by atoms with E-state index in [0.717, 1.165) is 21.5 Å². The molecule has 4 atom stereocenters. The van der Waals surface area contributed by atoms with E-state index in [0.29, 0.717) is 29.4 Å². The Balaban J connectivity index is 0. The number of pyridine rings is 2. The number of hydrogen-bond donors (Lipinski definition) is 6. The van der Waals surface area contributed by atoms with Crippen LogP contribution in [0.4, 0.5) is 50.1 Å². The molecule has 0 aliphatic carbocycles. The first-order chi connectivity index (χ1) is 44.7. The minimum atomic E-state index is -1.10. The van der Waals surface area contributed by atoms with Crippen molar-refractivity contribution in [2.24, 2.45) is 0 Å². The smallest absolute Gasteiger partial charge is 0.412 e. The van der Waals surface area contributed by atoms with Crippen LogP contribution in [0.3, 0.4) is 0 Å². The van der Waals surface area contributed by atoms with Gasteiger partial charge in [-0.05, 0) is 92.9 Å². The van der Waals surface area contributed by atoms with E-state index in [9.17, 15) is 48.0 Å². The first-order valence-electron chi connectivity index (χ1n) is 29.0. The number of urea groups is 1. The summed E-state index contributed by atoms with van der Waals surface area (Å²) in [6.07, 6.45) is -0.834. The monoisotopic (exact) mass is 1510 g/mol. The van der Waals surface area contributed by atoms with E-state index in [1.54, 1.807) is 64.5 Å². The van der Waals surface area contributed by atoms with Gasteiger partial charge >= 0.3 is 30.4 Å². The quantitative estimate of drug-likeness (QED) is 0.0197. The third kappa shape index (κ3) is 32.2. The number of aliphatic hydroxyl groups excluding tert-OH is 2. The molecule has 101 heavy (non-hydrogen) atoms. The topological polar surface area (TPSA) is 323 Å². The Morgan fingerprint density at radius 1 is 0.673 bits per heavy atom. The molecule has 3 heterocycles. The zero-order chi connectivity index (χ0) is 68.5. The third-order valence-corrected chi connectivity index (χ3v) is 14.2. The number of anilines is 2. The average molecular weight is 1520 g/mol. The maximum atomic E-state index is 13.7. The number of benzene rings is 5. The van der Waals surface area contributed by atoms with Crippen LogP contribution in [-0.2, 0) is 46.2 Å². The Bertz CT molecular complexity index is 3710. The maximum absolute atomic E-state index is 13.7. The van der Waals surface area contributed by atoms with Gasteiger partial charge in [0.25, 0.3) is 5.69 Å². The number of hydrogen-bond acceptors (Lipinski definition) is 19. The van der Waals surface area contributed by atoms with Crippen LogP contribution in [0.2, 0.25) is 10.0 Å². The van der Waals surface area contributed by atoms with Gasteiger partial charge < -0.3 is 68.5 Å². The van der Waals surface area contributed by atoms with E-state index >= 15 is 0 Å². The fourth-order valence-electron chi connectivity index (χ4n) is 8.31. The van der Waals surface area contributed by atoms with Crippen LogP contribution in [0.15, 0.2) is 134 Å². The summed E-state index contributed by atoms with van der Waals surface area (Å²) in [5.74, 6) is -1.03. The van der Waals surface area contributed by atoms with Gasteiger partial charge in [-0.15, -0.1) is 0 Å². The fourth-order valence-corrected chi connectivity index (χ4v) is 8.69. The van der Waals surface area contributed by atoms with Gasteiger partial charge in [0.1, 0.15) is 60.0 Å². The van der Waals surface area contributed by atoms with Crippen LogP contribution in [0, 0.1) is 21.7 Å². The summed E-state index contributed by atoms with van der Waals surface area (Å²) < 4.78 is 70.4. The van der Waals surface area contributed by atoms with Crippen LogP contribution < -0.4 is 26.0 Å². The summed E-state index contributed by atoms with van der Waals surface area (Å²) in [6, 6.07) is 30.3. The predicted molar refractivity (Wildman–Crippen MR) is 401 cm³/mol. The molecule has 0 saturated carbocycles. The van der Waals surface area contributed by atoms with Crippen molar-refractivity contribution < 1.29 is 85.8 Å². The molecule has 1 fully saturated rings. The maximum Gasteiger partial charge on any atom is 0.412 e. The molecule has 8 rings (SSSR count). The summed E-state index contributed by atoms with van der Waals surface area (Å²) in [5, 5.41) is 42.7. The zero-order valence-electron chi connectivity index (χ0n) is 53.8. The Hall–Kier alpha value is -8.08. The number of aromatic nitrogens is 2.